The van der Waals surface area contributed by atoms with E-state index in [1.807, 2.05) is 11.6 Å². The molecular formula is C7H10N6. The van der Waals surface area contributed by atoms with Crippen LogP contribution in [-0.4, -0.2) is 24.7 Å². The molecule has 2 heterocycles. The highest BCUT2D eigenvalue weighted by Gasteiger charge is 1.99. The van der Waals surface area contributed by atoms with Crippen molar-refractivity contribution in [1.82, 2.24) is 24.7 Å². The fourth-order valence-corrected chi connectivity index (χ4v) is 1.00. The summed E-state index contributed by atoms with van der Waals surface area (Å²) in [6, 6.07) is 0. The summed E-state index contributed by atoms with van der Waals surface area (Å²) in [5.41, 5.74) is 0. The van der Waals surface area contributed by atoms with Crippen molar-refractivity contribution in [3.8, 4) is 0 Å². The topological polar surface area (TPSA) is 71.4 Å². The number of nitrogens with one attached hydrogen (secondary N) is 2. The maximum absolute atomic E-state index is 4.07. The maximum Gasteiger partial charge on any atom is 0.224 e. The summed E-state index contributed by atoms with van der Waals surface area (Å²) in [5.74, 6) is 1.61. The van der Waals surface area contributed by atoms with Gasteiger partial charge in [-0.05, 0) is 0 Å². The molecule has 0 saturated carbocycles. The van der Waals surface area contributed by atoms with E-state index in [-0.39, 0.29) is 0 Å². The van der Waals surface area contributed by atoms with Crippen LogP contribution >= 0.6 is 0 Å². The highest BCUT2D eigenvalue weighted by Crippen LogP contribution is 1.99. The first-order valence-electron chi connectivity index (χ1n) is 3.92. The fraction of sp³-hybridized carbons (Fsp3) is 0.286. The third-order valence-electron chi connectivity index (χ3n) is 1.68. The predicted octanol–water partition coefficient (Wildman–Crippen LogP) is 0.150. The summed E-state index contributed by atoms with van der Waals surface area (Å²) in [6.45, 7) is 0.625. The quantitative estimate of drug-likeness (QED) is 0.701. The minimum Gasteiger partial charge on any atom is -0.347 e. The van der Waals surface area contributed by atoms with Crippen LogP contribution in [0.5, 0.6) is 0 Å². The first kappa shape index (κ1) is 7.78. The predicted molar refractivity (Wildman–Crippen MR) is 46.9 cm³/mol. The summed E-state index contributed by atoms with van der Waals surface area (Å²) in [6.07, 6.45) is 5.14. The smallest absolute Gasteiger partial charge is 0.224 e. The van der Waals surface area contributed by atoms with Gasteiger partial charge in [0.05, 0.1) is 6.54 Å². The summed E-state index contributed by atoms with van der Waals surface area (Å²) >= 11 is 0. The van der Waals surface area contributed by atoms with Crippen molar-refractivity contribution in [3.05, 3.63) is 24.5 Å². The van der Waals surface area contributed by atoms with E-state index in [2.05, 4.69) is 25.5 Å². The fourth-order valence-electron chi connectivity index (χ4n) is 1.00. The van der Waals surface area contributed by atoms with Crippen LogP contribution in [0.2, 0.25) is 0 Å². The molecular weight excluding hydrogens is 168 g/mol. The van der Waals surface area contributed by atoms with Gasteiger partial charge in [0.25, 0.3) is 0 Å². The van der Waals surface area contributed by atoms with Crippen LogP contribution in [0.4, 0.5) is 5.95 Å². The molecule has 6 nitrogen and oxygen atoms in total. The molecule has 0 radical (unpaired) electrons. The number of aromatic amines is 1. The molecule has 0 unspecified atom stereocenters. The number of hydrogen-bond acceptors (Lipinski definition) is 4. The molecule has 2 aromatic heterocycles. The van der Waals surface area contributed by atoms with Gasteiger partial charge in [0.1, 0.15) is 12.2 Å². The average molecular weight is 178 g/mol. The number of rotatable bonds is 3. The van der Waals surface area contributed by atoms with Gasteiger partial charge in [0, 0.05) is 19.4 Å². The van der Waals surface area contributed by atoms with E-state index in [1.54, 1.807) is 18.7 Å². The third-order valence-corrected chi connectivity index (χ3v) is 1.68. The highest BCUT2D eigenvalue weighted by atomic mass is 15.3. The lowest BCUT2D eigenvalue weighted by molar-refractivity contribution is 0.884. The summed E-state index contributed by atoms with van der Waals surface area (Å²) in [5, 5.41) is 10.7. The molecule has 0 aliphatic rings. The molecule has 2 rings (SSSR count). The molecule has 0 aliphatic heterocycles. The Morgan fingerprint density at radius 1 is 1.62 bits per heavy atom. The van der Waals surface area contributed by atoms with Gasteiger partial charge in [-0.3, -0.25) is 0 Å². The van der Waals surface area contributed by atoms with Gasteiger partial charge in [0.15, 0.2) is 0 Å². The number of nitrogens with zero attached hydrogens (tertiary/aromatic N) is 4. The van der Waals surface area contributed by atoms with E-state index in [0.717, 1.165) is 11.8 Å². The van der Waals surface area contributed by atoms with Crippen molar-refractivity contribution in [1.29, 1.82) is 0 Å². The van der Waals surface area contributed by atoms with Crippen LogP contribution in [0.1, 0.15) is 5.82 Å². The standard InChI is InChI=1S/C7H10N6/c1-13-5-11-12-7(13)10-4-6-8-2-3-9-6/h2-3,5H,4H2,1H3,(H,8,9)(H,10,12). The van der Waals surface area contributed by atoms with Crippen molar-refractivity contribution in [3.63, 3.8) is 0 Å². The van der Waals surface area contributed by atoms with E-state index in [4.69, 9.17) is 0 Å². The Balaban J connectivity index is 1.97. The number of aryl methyl sites for hydroxylation is 1. The number of aromatic nitrogens is 5. The molecule has 0 fully saturated rings. The summed E-state index contributed by atoms with van der Waals surface area (Å²) in [4.78, 5) is 7.06. The second kappa shape index (κ2) is 3.26. The van der Waals surface area contributed by atoms with Gasteiger partial charge in [-0.2, -0.15) is 0 Å². The second-order valence-electron chi connectivity index (χ2n) is 2.65. The van der Waals surface area contributed by atoms with Gasteiger partial charge < -0.3 is 14.9 Å². The monoisotopic (exact) mass is 178 g/mol. The summed E-state index contributed by atoms with van der Waals surface area (Å²) < 4.78 is 1.81. The van der Waals surface area contributed by atoms with Gasteiger partial charge in [-0.1, -0.05) is 0 Å². The first-order valence-corrected chi connectivity index (χ1v) is 3.92. The van der Waals surface area contributed by atoms with Crippen molar-refractivity contribution in [2.45, 2.75) is 6.54 Å². The first-order chi connectivity index (χ1) is 6.36. The zero-order valence-corrected chi connectivity index (χ0v) is 7.23. The molecule has 6 heteroatoms. The van der Waals surface area contributed by atoms with Gasteiger partial charge in [-0.25, -0.2) is 4.98 Å². The number of H-pyrrole nitrogens is 1. The van der Waals surface area contributed by atoms with Crippen LogP contribution in [0.25, 0.3) is 0 Å². The zero-order chi connectivity index (χ0) is 9.10. The Morgan fingerprint density at radius 3 is 3.15 bits per heavy atom. The molecule has 2 N–H and O–H groups in total. The van der Waals surface area contributed by atoms with Crippen molar-refractivity contribution >= 4 is 5.95 Å². The van der Waals surface area contributed by atoms with E-state index in [0.29, 0.717) is 6.54 Å². The molecule has 0 atom stereocenters. The average Bonchev–Trinajstić information content (AvgIpc) is 2.72. The van der Waals surface area contributed by atoms with Crippen molar-refractivity contribution in [2.24, 2.45) is 7.05 Å². The Labute approximate surface area is 75.0 Å². The lowest BCUT2D eigenvalue weighted by Gasteiger charge is -2.01. The normalized spacial score (nSPS) is 10.2. The van der Waals surface area contributed by atoms with Gasteiger partial charge in [-0.15, -0.1) is 10.2 Å². The minimum absolute atomic E-state index is 0.625. The van der Waals surface area contributed by atoms with Crippen molar-refractivity contribution in [2.75, 3.05) is 5.32 Å². The minimum atomic E-state index is 0.625. The SMILES string of the molecule is Cn1cnnc1NCc1ncc[nH]1. The Morgan fingerprint density at radius 2 is 2.54 bits per heavy atom. The van der Waals surface area contributed by atoms with Crippen LogP contribution in [-0.2, 0) is 13.6 Å². The maximum atomic E-state index is 4.07. The molecule has 0 saturated heterocycles. The van der Waals surface area contributed by atoms with E-state index < -0.39 is 0 Å². The molecule has 0 aliphatic carbocycles. The van der Waals surface area contributed by atoms with Crippen molar-refractivity contribution < 1.29 is 0 Å². The largest absolute Gasteiger partial charge is 0.347 e. The molecule has 0 spiro atoms. The Bertz CT molecular complexity index is 362. The number of imidazole rings is 1. The lowest BCUT2D eigenvalue weighted by Crippen LogP contribution is -2.05. The molecule has 68 valence electrons. The Kier molecular flexibility index (Phi) is 1.95. The van der Waals surface area contributed by atoms with E-state index >= 15 is 0 Å². The van der Waals surface area contributed by atoms with Crippen LogP contribution in [0.3, 0.4) is 0 Å². The van der Waals surface area contributed by atoms with Gasteiger partial charge in [0.2, 0.25) is 5.95 Å². The summed E-state index contributed by atoms with van der Waals surface area (Å²) in [7, 11) is 1.88. The van der Waals surface area contributed by atoms with Crippen LogP contribution < -0.4 is 5.32 Å². The van der Waals surface area contributed by atoms with Gasteiger partial charge >= 0.3 is 0 Å². The van der Waals surface area contributed by atoms with Crippen LogP contribution in [0, 0.1) is 0 Å². The number of hydrogen-bond donors (Lipinski definition) is 2. The molecule has 0 amide bonds. The molecule has 13 heavy (non-hydrogen) atoms. The Hall–Kier alpha value is -1.85. The lowest BCUT2D eigenvalue weighted by atomic mass is 10.6. The molecule has 2 aromatic rings. The number of anilines is 1. The second-order valence-corrected chi connectivity index (χ2v) is 2.65. The van der Waals surface area contributed by atoms with E-state index in [1.165, 1.54) is 0 Å². The van der Waals surface area contributed by atoms with Crippen LogP contribution in [0.15, 0.2) is 18.7 Å². The molecule has 0 bridgehead atoms. The highest BCUT2D eigenvalue weighted by molar-refractivity contribution is 5.23. The third kappa shape index (κ3) is 1.66. The zero-order valence-electron chi connectivity index (χ0n) is 7.23. The molecule has 0 aromatic carbocycles. The van der Waals surface area contributed by atoms with E-state index in [9.17, 15) is 0 Å².